The monoisotopic (exact) mass is 146 g/mol. The number of aliphatic hydroxyl groups is 1. The maximum atomic E-state index is 10.3. The normalized spacial score (nSPS) is 9.00. The standard InChI is InChI=1S/C6H10O4/c1-5(8)2-3-10-6(9)4-7/h7H,2-4H2,1H3. The number of rotatable bonds is 4. The third kappa shape index (κ3) is 5.24. The number of aliphatic hydroxyl groups excluding tert-OH is 1. The van der Waals surface area contributed by atoms with Gasteiger partial charge in [-0.25, -0.2) is 4.79 Å². The Kier molecular flexibility index (Phi) is 4.49. The molecule has 0 aliphatic rings. The minimum atomic E-state index is -0.693. The van der Waals surface area contributed by atoms with E-state index in [9.17, 15) is 9.59 Å². The van der Waals surface area contributed by atoms with Crippen LogP contribution in [0.3, 0.4) is 0 Å². The van der Waals surface area contributed by atoms with Gasteiger partial charge in [0.15, 0.2) is 0 Å². The first-order chi connectivity index (χ1) is 4.66. The van der Waals surface area contributed by atoms with Gasteiger partial charge in [0, 0.05) is 6.42 Å². The lowest BCUT2D eigenvalue weighted by Gasteiger charge is -1.98. The lowest BCUT2D eigenvalue weighted by molar-refractivity contribution is -0.147. The lowest BCUT2D eigenvalue weighted by Crippen LogP contribution is -2.11. The van der Waals surface area contributed by atoms with Crippen molar-refractivity contribution in [2.24, 2.45) is 0 Å². The minimum absolute atomic E-state index is 0.0364. The van der Waals surface area contributed by atoms with Crippen molar-refractivity contribution in [2.75, 3.05) is 13.2 Å². The summed E-state index contributed by atoms with van der Waals surface area (Å²) in [6.07, 6.45) is 0.214. The van der Waals surface area contributed by atoms with Crippen molar-refractivity contribution in [3.63, 3.8) is 0 Å². The predicted molar refractivity (Wildman–Crippen MR) is 33.3 cm³/mol. The maximum absolute atomic E-state index is 10.3. The third-order valence-corrected chi connectivity index (χ3v) is 0.846. The molecular weight excluding hydrogens is 136 g/mol. The molecule has 0 bridgehead atoms. The van der Waals surface area contributed by atoms with E-state index in [1.165, 1.54) is 6.92 Å². The number of ketones is 1. The summed E-state index contributed by atoms with van der Waals surface area (Å²) in [5.74, 6) is -0.730. The van der Waals surface area contributed by atoms with Gasteiger partial charge >= 0.3 is 5.97 Å². The van der Waals surface area contributed by atoms with Crippen molar-refractivity contribution >= 4 is 11.8 Å². The van der Waals surface area contributed by atoms with Crippen LogP contribution >= 0.6 is 0 Å². The topological polar surface area (TPSA) is 63.6 Å². The molecule has 0 spiro atoms. The summed E-state index contributed by atoms with van der Waals surface area (Å²) in [6.45, 7) is 0.847. The molecule has 0 aromatic carbocycles. The van der Waals surface area contributed by atoms with Crippen molar-refractivity contribution < 1.29 is 19.4 Å². The number of Topliss-reactive ketones (excluding diaryl/α,β-unsaturated/α-hetero) is 1. The Morgan fingerprint density at radius 1 is 1.50 bits per heavy atom. The number of esters is 1. The van der Waals surface area contributed by atoms with E-state index in [1.54, 1.807) is 0 Å². The van der Waals surface area contributed by atoms with Crippen LogP contribution in [-0.4, -0.2) is 30.1 Å². The van der Waals surface area contributed by atoms with Gasteiger partial charge < -0.3 is 9.84 Å². The summed E-state index contributed by atoms with van der Waals surface area (Å²) >= 11 is 0. The van der Waals surface area contributed by atoms with Crippen LogP contribution in [0.15, 0.2) is 0 Å². The Hall–Kier alpha value is -0.900. The van der Waals surface area contributed by atoms with E-state index in [0.717, 1.165) is 0 Å². The minimum Gasteiger partial charge on any atom is -0.464 e. The lowest BCUT2D eigenvalue weighted by atomic mass is 10.3. The van der Waals surface area contributed by atoms with E-state index >= 15 is 0 Å². The molecule has 0 heterocycles. The summed E-state index contributed by atoms with van der Waals surface area (Å²) in [5.41, 5.74) is 0. The van der Waals surface area contributed by atoms with Gasteiger partial charge in [-0.1, -0.05) is 0 Å². The van der Waals surface area contributed by atoms with Crippen molar-refractivity contribution in [3.05, 3.63) is 0 Å². The van der Waals surface area contributed by atoms with E-state index in [4.69, 9.17) is 5.11 Å². The van der Waals surface area contributed by atoms with Crippen LogP contribution in [-0.2, 0) is 14.3 Å². The number of carbonyl (C=O) groups excluding carboxylic acids is 2. The first-order valence-corrected chi connectivity index (χ1v) is 2.92. The van der Waals surface area contributed by atoms with Gasteiger partial charge in [-0.3, -0.25) is 4.79 Å². The zero-order valence-corrected chi connectivity index (χ0v) is 5.79. The summed E-state index contributed by atoms with van der Waals surface area (Å²) in [5, 5.41) is 8.14. The molecule has 0 rings (SSSR count). The van der Waals surface area contributed by atoms with Gasteiger partial charge in [-0.15, -0.1) is 0 Å². The summed E-state index contributed by atoms with van der Waals surface area (Å²) in [7, 11) is 0. The van der Waals surface area contributed by atoms with Gasteiger partial charge in [0.25, 0.3) is 0 Å². The molecule has 0 unspecified atom stereocenters. The van der Waals surface area contributed by atoms with Crippen molar-refractivity contribution in [1.82, 2.24) is 0 Å². The van der Waals surface area contributed by atoms with Gasteiger partial charge in [0.1, 0.15) is 12.4 Å². The third-order valence-electron chi connectivity index (χ3n) is 0.846. The number of ether oxygens (including phenoxy) is 1. The second kappa shape index (κ2) is 4.93. The fourth-order valence-corrected chi connectivity index (χ4v) is 0.354. The Bertz CT molecular complexity index is 130. The molecule has 0 aromatic rings. The maximum Gasteiger partial charge on any atom is 0.331 e. The molecule has 0 radical (unpaired) electrons. The van der Waals surface area contributed by atoms with Gasteiger partial charge in [0.2, 0.25) is 0 Å². The molecule has 0 saturated carbocycles. The fraction of sp³-hybridized carbons (Fsp3) is 0.667. The molecule has 0 amide bonds. The molecule has 4 heteroatoms. The molecule has 0 aliphatic heterocycles. The summed E-state index contributed by atoms with van der Waals surface area (Å²) in [6, 6.07) is 0. The van der Waals surface area contributed by atoms with Crippen LogP contribution in [0.2, 0.25) is 0 Å². The molecular formula is C6H10O4. The van der Waals surface area contributed by atoms with Crippen LogP contribution in [0.4, 0.5) is 0 Å². The second-order valence-corrected chi connectivity index (χ2v) is 1.83. The van der Waals surface area contributed by atoms with Crippen molar-refractivity contribution in [3.8, 4) is 0 Å². The Morgan fingerprint density at radius 2 is 2.10 bits per heavy atom. The number of hydrogen-bond donors (Lipinski definition) is 1. The first kappa shape index (κ1) is 9.10. The largest absolute Gasteiger partial charge is 0.464 e. The van der Waals surface area contributed by atoms with Crippen LogP contribution in [0, 0.1) is 0 Å². The highest BCUT2D eigenvalue weighted by Crippen LogP contribution is 1.84. The summed E-state index contributed by atoms with van der Waals surface area (Å²) in [4.78, 5) is 20.5. The molecule has 0 atom stereocenters. The van der Waals surface area contributed by atoms with Gasteiger partial charge in [-0.2, -0.15) is 0 Å². The average Bonchev–Trinajstić information content (AvgIpc) is 1.87. The van der Waals surface area contributed by atoms with Crippen LogP contribution in [0.5, 0.6) is 0 Å². The van der Waals surface area contributed by atoms with E-state index in [-0.39, 0.29) is 18.8 Å². The van der Waals surface area contributed by atoms with Gasteiger partial charge in [-0.05, 0) is 6.92 Å². The van der Waals surface area contributed by atoms with E-state index in [1.807, 2.05) is 0 Å². The van der Waals surface area contributed by atoms with Crippen LogP contribution in [0.1, 0.15) is 13.3 Å². The molecule has 0 aromatic heterocycles. The Balaban J connectivity index is 3.20. The quantitative estimate of drug-likeness (QED) is 0.543. The SMILES string of the molecule is CC(=O)CCOC(=O)CO. The molecule has 4 nitrogen and oxygen atoms in total. The zero-order chi connectivity index (χ0) is 7.98. The predicted octanol–water partition coefficient (Wildman–Crippen LogP) is -0.499. The first-order valence-electron chi connectivity index (χ1n) is 2.92. The highest BCUT2D eigenvalue weighted by Gasteiger charge is 1.99. The number of hydrogen-bond acceptors (Lipinski definition) is 4. The second-order valence-electron chi connectivity index (χ2n) is 1.83. The van der Waals surface area contributed by atoms with E-state index in [2.05, 4.69) is 4.74 Å². The van der Waals surface area contributed by atoms with Crippen molar-refractivity contribution in [1.29, 1.82) is 0 Å². The molecule has 0 aliphatic carbocycles. The molecule has 1 N–H and O–H groups in total. The zero-order valence-electron chi connectivity index (χ0n) is 5.79. The van der Waals surface area contributed by atoms with Crippen molar-refractivity contribution in [2.45, 2.75) is 13.3 Å². The van der Waals surface area contributed by atoms with Gasteiger partial charge in [0.05, 0.1) is 6.61 Å². The van der Waals surface area contributed by atoms with E-state index in [0.29, 0.717) is 0 Å². The molecule has 0 saturated heterocycles. The van der Waals surface area contributed by atoms with Crippen LogP contribution < -0.4 is 0 Å². The fourth-order valence-electron chi connectivity index (χ4n) is 0.354. The van der Waals surface area contributed by atoms with E-state index < -0.39 is 12.6 Å². The smallest absolute Gasteiger partial charge is 0.331 e. The Labute approximate surface area is 58.8 Å². The average molecular weight is 146 g/mol. The highest BCUT2D eigenvalue weighted by atomic mass is 16.5. The summed E-state index contributed by atoms with van der Waals surface area (Å²) < 4.78 is 4.39. The molecule has 10 heavy (non-hydrogen) atoms. The molecule has 58 valence electrons. The highest BCUT2D eigenvalue weighted by molar-refractivity contribution is 5.76. The molecule has 0 fully saturated rings. The Morgan fingerprint density at radius 3 is 2.50 bits per heavy atom. The number of carbonyl (C=O) groups is 2. The van der Waals surface area contributed by atoms with Crippen LogP contribution in [0.25, 0.3) is 0 Å².